The number of hydrogen-bond acceptors (Lipinski definition) is 3. The van der Waals surface area contributed by atoms with Crippen molar-refractivity contribution in [1.29, 1.82) is 0 Å². The maximum absolute atomic E-state index is 11.9. The van der Waals surface area contributed by atoms with Gasteiger partial charge in [0.05, 0.1) is 0 Å². The van der Waals surface area contributed by atoms with Crippen molar-refractivity contribution in [3.05, 3.63) is 59.9 Å². The van der Waals surface area contributed by atoms with Crippen LogP contribution in [0.5, 0.6) is 0 Å². The third-order valence-corrected chi connectivity index (χ3v) is 5.73. The van der Waals surface area contributed by atoms with Gasteiger partial charge in [-0.1, -0.05) is 31.2 Å². The van der Waals surface area contributed by atoms with E-state index < -0.39 is 0 Å². The molecule has 4 rings (SSSR count). The number of piperidine rings is 1. The van der Waals surface area contributed by atoms with E-state index in [9.17, 15) is 4.39 Å². The van der Waals surface area contributed by atoms with Gasteiger partial charge in [-0.2, -0.15) is 0 Å². The molecule has 2 aromatic carbocycles. The predicted octanol–water partition coefficient (Wildman–Crippen LogP) is 5.01. The van der Waals surface area contributed by atoms with Crippen LogP contribution in [0.2, 0.25) is 0 Å². The van der Waals surface area contributed by atoms with Crippen molar-refractivity contribution in [1.82, 2.24) is 4.90 Å². The Hall–Kier alpha value is -2.07. The zero-order valence-electron chi connectivity index (χ0n) is 16.5. The summed E-state index contributed by atoms with van der Waals surface area (Å²) in [6.45, 7) is 9.42. The quantitative estimate of drug-likeness (QED) is 0.793. The van der Waals surface area contributed by atoms with Crippen molar-refractivity contribution in [2.75, 3.05) is 36.8 Å². The summed E-state index contributed by atoms with van der Waals surface area (Å²) < 4.78 is 11.9. The smallest absolute Gasteiger partial charge is 0.123 e. The average molecular weight is 370 g/mol. The molecule has 4 heteroatoms. The molecule has 27 heavy (non-hydrogen) atoms. The van der Waals surface area contributed by atoms with Gasteiger partial charge in [-0.15, -0.1) is 0 Å². The number of likely N-dealkylation sites (tertiary alicyclic amines) is 1. The van der Waals surface area contributed by atoms with Gasteiger partial charge < -0.3 is 15.5 Å². The zero-order valence-corrected chi connectivity index (χ0v) is 16.5. The Morgan fingerprint density at radius 3 is 2.52 bits per heavy atom. The molecule has 3 nitrogen and oxygen atoms in total. The first-order valence-electron chi connectivity index (χ1n) is 10.2. The molecular weight excluding hydrogens is 337 g/mol. The number of nitrogens with zero attached hydrogens (tertiary/aromatic N) is 1. The van der Waals surface area contributed by atoms with Gasteiger partial charge in [-0.25, -0.2) is 4.39 Å². The maximum Gasteiger partial charge on any atom is 0.123 e. The number of rotatable bonds is 4. The van der Waals surface area contributed by atoms with E-state index in [0.717, 1.165) is 12.5 Å². The predicted molar refractivity (Wildman–Crippen MR) is 113 cm³/mol. The molecule has 2 heterocycles. The van der Waals surface area contributed by atoms with E-state index in [1.807, 2.05) is 0 Å². The van der Waals surface area contributed by atoms with Crippen molar-refractivity contribution in [2.45, 2.75) is 39.2 Å². The Labute approximate surface area is 163 Å². The van der Waals surface area contributed by atoms with Crippen LogP contribution < -0.4 is 10.6 Å². The molecule has 0 amide bonds. The lowest BCUT2D eigenvalue weighted by Gasteiger charge is -2.35. The molecule has 1 unspecified atom stereocenters. The molecule has 146 valence electrons. The van der Waals surface area contributed by atoms with Crippen LogP contribution in [0.15, 0.2) is 48.5 Å². The topological polar surface area (TPSA) is 27.3 Å². The van der Waals surface area contributed by atoms with Crippen molar-refractivity contribution >= 4 is 11.4 Å². The van der Waals surface area contributed by atoms with Gasteiger partial charge in [-0.3, -0.25) is 0 Å². The van der Waals surface area contributed by atoms with E-state index in [0.29, 0.717) is 6.04 Å². The fourth-order valence-electron chi connectivity index (χ4n) is 3.95. The molecule has 1 fully saturated rings. The highest BCUT2D eigenvalue weighted by molar-refractivity contribution is 5.64. The zero-order chi connectivity index (χ0) is 19.1. The highest BCUT2D eigenvalue weighted by atomic mass is 19.1. The third-order valence-electron chi connectivity index (χ3n) is 5.73. The normalized spacial score (nSPS) is 18.0. The second kappa shape index (κ2) is 9.75. The summed E-state index contributed by atoms with van der Waals surface area (Å²) in [6, 6.07) is 15.3. The molecule has 0 saturated carbocycles. The highest BCUT2D eigenvalue weighted by Gasteiger charge is 2.23. The van der Waals surface area contributed by atoms with E-state index in [2.05, 4.69) is 47.6 Å². The second-order valence-electron chi connectivity index (χ2n) is 7.55. The van der Waals surface area contributed by atoms with Gasteiger partial charge in [0, 0.05) is 24.0 Å². The fourth-order valence-corrected chi connectivity index (χ4v) is 3.95. The van der Waals surface area contributed by atoms with Crippen LogP contribution >= 0.6 is 0 Å². The number of anilines is 2. The number of halogens is 1. The molecule has 1 saturated heterocycles. The first-order chi connectivity index (χ1) is 13.2. The SMILES string of the molecule is CCN1CCC(C(C)Nc2ccc3c(c2)NCC3)CC1.Fc1ccccc1. The number of hydrogen-bond donors (Lipinski definition) is 2. The largest absolute Gasteiger partial charge is 0.384 e. The fraction of sp³-hybridized carbons (Fsp3) is 0.478. The first kappa shape index (κ1) is 19.7. The summed E-state index contributed by atoms with van der Waals surface area (Å²) in [5, 5.41) is 7.18. The second-order valence-corrected chi connectivity index (χ2v) is 7.55. The number of fused-ring (bicyclic) bond motifs is 1. The maximum atomic E-state index is 11.9. The Balaban J connectivity index is 0.000000253. The summed E-state index contributed by atoms with van der Waals surface area (Å²) in [5.41, 5.74) is 4.05. The highest BCUT2D eigenvalue weighted by Crippen LogP contribution is 2.28. The van der Waals surface area contributed by atoms with Crippen molar-refractivity contribution in [3.8, 4) is 0 Å². The van der Waals surface area contributed by atoms with Crippen LogP contribution in [-0.2, 0) is 6.42 Å². The monoisotopic (exact) mass is 369 g/mol. The summed E-state index contributed by atoms with van der Waals surface area (Å²) >= 11 is 0. The van der Waals surface area contributed by atoms with E-state index in [1.54, 1.807) is 18.2 Å². The van der Waals surface area contributed by atoms with Crippen molar-refractivity contribution in [2.24, 2.45) is 5.92 Å². The molecule has 0 aliphatic carbocycles. The van der Waals surface area contributed by atoms with Gasteiger partial charge >= 0.3 is 0 Å². The lowest BCUT2D eigenvalue weighted by atomic mass is 9.90. The number of benzene rings is 2. The minimum atomic E-state index is -0.178. The lowest BCUT2D eigenvalue weighted by molar-refractivity contribution is 0.183. The van der Waals surface area contributed by atoms with E-state index in [4.69, 9.17) is 0 Å². The van der Waals surface area contributed by atoms with Crippen LogP contribution in [0.25, 0.3) is 0 Å². The average Bonchev–Trinajstić information content (AvgIpc) is 3.17. The third kappa shape index (κ3) is 5.70. The van der Waals surface area contributed by atoms with Gasteiger partial charge in [-0.05, 0) is 81.6 Å². The molecule has 1 atom stereocenters. The molecule has 2 aliphatic rings. The van der Waals surface area contributed by atoms with E-state index in [1.165, 1.54) is 68.0 Å². The molecule has 0 radical (unpaired) electrons. The minimum absolute atomic E-state index is 0.178. The summed E-state index contributed by atoms with van der Waals surface area (Å²) in [7, 11) is 0. The Kier molecular flexibility index (Phi) is 7.11. The van der Waals surface area contributed by atoms with Gasteiger partial charge in [0.25, 0.3) is 0 Å². The standard InChI is InChI=1S/C17H27N3.C6H5F/c1-3-20-10-7-14(8-11-20)13(2)19-16-5-4-15-6-9-18-17(15)12-16;7-6-4-2-1-3-5-6/h4-5,12-14,18-19H,3,6-11H2,1-2H3;1-5H. The van der Waals surface area contributed by atoms with Gasteiger partial charge in [0.1, 0.15) is 5.82 Å². The summed E-state index contributed by atoms with van der Waals surface area (Å²) in [5.74, 6) is 0.626. The molecule has 0 bridgehead atoms. The lowest BCUT2D eigenvalue weighted by Crippen LogP contribution is -2.39. The Morgan fingerprint density at radius 1 is 1.15 bits per heavy atom. The van der Waals surface area contributed by atoms with Gasteiger partial charge in [0.15, 0.2) is 0 Å². The van der Waals surface area contributed by atoms with Crippen LogP contribution in [0.3, 0.4) is 0 Å². The van der Waals surface area contributed by atoms with Crippen LogP contribution in [0.1, 0.15) is 32.3 Å². The van der Waals surface area contributed by atoms with Crippen molar-refractivity contribution in [3.63, 3.8) is 0 Å². The summed E-state index contributed by atoms with van der Waals surface area (Å²) in [4.78, 5) is 2.56. The van der Waals surface area contributed by atoms with E-state index >= 15 is 0 Å². The van der Waals surface area contributed by atoms with Crippen LogP contribution in [-0.4, -0.2) is 37.1 Å². The Morgan fingerprint density at radius 2 is 1.89 bits per heavy atom. The van der Waals surface area contributed by atoms with Crippen LogP contribution in [0, 0.1) is 11.7 Å². The van der Waals surface area contributed by atoms with Crippen molar-refractivity contribution < 1.29 is 4.39 Å². The van der Waals surface area contributed by atoms with E-state index in [-0.39, 0.29) is 5.82 Å². The molecule has 2 aromatic rings. The first-order valence-corrected chi connectivity index (χ1v) is 10.2. The minimum Gasteiger partial charge on any atom is -0.384 e. The molecule has 0 spiro atoms. The number of nitrogens with one attached hydrogen (secondary N) is 2. The molecule has 2 aliphatic heterocycles. The Bertz CT molecular complexity index is 696. The molecule has 0 aromatic heterocycles. The van der Waals surface area contributed by atoms with Gasteiger partial charge in [0.2, 0.25) is 0 Å². The molecule has 2 N–H and O–H groups in total. The van der Waals surface area contributed by atoms with Crippen LogP contribution in [0.4, 0.5) is 15.8 Å². The summed E-state index contributed by atoms with van der Waals surface area (Å²) in [6.07, 6.45) is 3.82. The molecular formula is C23H32FN3.